The van der Waals surface area contributed by atoms with Crippen LogP contribution in [0.1, 0.15) is 92.4 Å². The monoisotopic (exact) mass is 402 g/mol. The Labute approximate surface area is 181 Å². The Morgan fingerprint density at radius 1 is 1.00 bits per heavy atom. The Kier molecular flexibility index (Phi) is 6.36. The molecule has 0 saturated carbocycles. The minimum Gasteiger partial charge on any atom is -0.478 e. The van der Waals surface area contributed by atoms with Crippen LogP contribution in [0.5, 0.6) is 0 Å². The third-order valence-electron chi connectivity index (χ3n) is 6.61. The van der Waals surface area contributed by atoms with E-state index in [9.17, 15) is 4.79 Å². The molecule has 2 heteroatoms. The Bertz CT molecular complexity index is 959. The topological polar surface area (TPSA) is 37.3 Å². The standard InChI is InChI=1S/C28H34O2/c1-6-7-8-21(12-9-20-10-13-22(14-11-20)26(29)30)23-15-16-24-25(19-23)28(4,5)18-17-27(24,2)3/h6-7,9-16,19,21H,8,17-18H2,1-5H3,(H,29,30)/b7-6?,12-9+. The molecule has 3 rings (SSSR count). The van der Waals surface area contributed by atoms with Gasteiger partial charge in [-0.2, -0.15) is 0 Å². The van der Waals surface area contributed by atoms with Crippen LogP contribution in [0.2, 0.25) is 0 Å². The third kappa shape index (κ3) is 4.75. The van der Waals surface area contributed by atoms with E-state index in [-0.39, 0.29) is 16.7 Å². The molecular weight excluding hydrogens is 368 g/mol. The maximum Gasteiger partial charge on any atom is 0.335 e. The summed E-state index contributed by atoms with van der Waals surface area (Å²) in [5.74, 6) is -0.609. The van der Waals surface area contributed by atoms with Gasteiger partial charge in [-0.3, -0.25) is 0 Å². The normalized spacial score (nSPS) is 18.4. The molecule has 0 aromatic heterocycles. The zero-order valence-corrected chi connectivity index (χ0v) is 18.9. The van der Waals surface area contributed by atoms with E-state index in [1.165, 1.54) is 29.5 Å². The van der Waals surface area contributed by atoms with Crippen molar-refractivity contribution in [3.05, 3.63) is 88.5 Å². The molecule has 30 heavy (non-hydrogen) atoms. The van der Waals surface area contributed by atoms with Crippen molar-refractivity contribution in [1.82, 2.24) is 0 Å². The van der Waals surface area contributed by atoms with Crippen molar-refractivity contribution in [3.8, 4) is 0 Å². The number of benzene rings is 2. The van der Waals surface area contributed by atoms with E-state index >= 15 is 0 Å². The molecule has 0 bridgehead atoms. The predicted molar refractivity (Wildman–Crippen MR) is 126 cm³/mol. The van der Waals surface area contributed by atoms with E-state index in [4.69, 9.17) is 5.11 Å². The number of aromatic carboxylic acids is 1. The van der Waals surface area contributed by atoms with Gasteiger partial charge in [0, 0.05) is 5.92 Å². The van der Waals surface area contributed by atoms with Crippen LogP contribution < -0.4 is 0 Å². The Hall–Kier alpha value is -2.61. The molecule has 0 heterocycles. The maximum atomic E-state index is 11.1. The van der Waals surface area contributed by atoms with Gasteiger partial charge in [-0.05, 0) is 71.4 Å². The molecule has 2 aromatic carbocycles. The van der Waals surface area contributed by atoms with Gasteiger partial charge in [0.2, 0.25) is 0 Å². The summed E-state index contributed by atoms with van der Waals surface area (Å²) in [6.07, 6.45) is 12.1. The minimum absolute atomic E-state index is 0.197. The van der Waals surface area contributed by atoms with Crippen LogP contribution in [0.15, 0.2) is 60.7 Å². The number of carboxylic acid groups (broad SMARTS) is 1. The zero-order chi connectivity index (χ0) is 21.9. The highest BCUT2D eigenvalue weighted by Gasteiger charge is 2.37. The molecule has 2 aromatic rings. The summed E-state index contributed by atoms with van der Waals surface area (Å²) in [6.45, 7) is 11.5. The van der Waals surface area contributed by atoms with Crippen molar-refractivity contribution in [2.75, 3.05) is 0 Å². The lowest BCUT2D eigenvalue weighted by atomic mass is 9.62. The van der Waals surface area contributed by atoms with Crippen LogP contribution in [0, 0.1) is 0 Å². The van der Waals surface area contributed by atoms with E-state index < -0.39 is 5.97 Å². The largest absolute Gasteiger partial charge is 0.478 e. The van der Waals surface area contributed by atoms with Gasteiger partial charge < -0.3 is 5.11 Å². The molecule has 0 fully saturated rings. The Morgan fingerprint density at radius 3 is 2.23 bits per heavy atom. The number of fused-ring (bicyclic) bond motifs is 1. The first kappa shape index (κ1) is 22.1. The van der Waals surface area contributed by atoms with Gasteiger partial charge >= 0.3 is 5.97 Å². The van der Waals surface area contributed by atoms with E-state index in [1.54, 1.807) is 12.1 Å². The van der Waals surface area contributed by atoms with Gasteiger partial charge in [-0.15, -0.1) is 0 Å². The zero-order valence-electron chi connectivity index (χ0n) is 18.9. The second-order valence-electron chi connectivity index (χ2n) is 9.77. The number of hydrogen-bond acceptors (Lipinski definition) is 1. The first-order valence-corrected chi connectivity index (χ1v) is 10.9. The SMILES string of the molecule is CC=CCC(/C=C/c1ccc(C(=O)O)cc1)c1ccc2c(c1)C(C)(C)CCC2(C)C. The van der Waals surface area contributed by atoms with Crippen LogP contribution >= 0.6 is 0 Å². The minimum atomic E-state index is -0.893. The number of rotatable bonds is 6. The molecule has 2 nitrogen and oxygen atoms in total. The van der Waals surface area contributed by atoms with Crippen LogP contribution in [-0.2, 0) is 10.8 Å². The average Bonchev–Trinajstić information content (AvgIpc) is 2.72. The average molecular weight is 403 g/mol. The number of allylic oxidation sites excluding steroid dienone is 3. The number of carbonyl (C=O) groups is 1. The Morgan fingerprint density at radius 2 is 1.63 bits per heavy atom. The van der Waals surface area contributed by atoms with Gasteiger partial charge in [-0.1, -0.05) is 82.3 Å². The van der Waals surface area contributed by atoms with Crippen LogP contribution in [0.4, 0.5) is 0 Å². The molecule has 0 spiro atoms. The molecule has 1 aliphatic rings. The lowest BCUT2D eigenvalue weighted by Gasteiger charge is -2.42. The predicted octanol–water partition coefficient (Wildman–Crippen LogP) is 7.50. The summed E-state index contributed by atoms with van der Waals surface area (Å²) in [6, 6.07) is 14.1. The van der Waals surface area contributed by atoms with Gasteiger partial charge in [-0.25, -0.2) is 4.79 Å². The summed E-state index contributed by atoms with van der Waals surface area (Å²) < 4.78 is 0. The van der Waals surface area contributed by atoms with Crippen molar-refractivity contribution in [2.45, 2.75) is 70.6 Å². The van der Waals surface area contributed by atoms with Crippen molar-refractivity contribution in [3.63, 3.8) is 0 Å². The summed E-state index contributed by atoms with van der Waals surface area (Å²) in [7, 11) is 0. The van der Waals surface area contributed by atoms with Gasteiger partial charge in [0.1, 0.15) is 0 Å². The summed E-state index contributed by atoms with van der Waals surface area (Å²) in [4.78, 5) is 11.1. The van der Waals surface area contributed by atoms with Gasteiger partial charge in [0.15, 0.2) is 0 Å². The van der Waals surface area contributed by atoms with E-state index in [2.05, 4.69) is 77.1 Å². The first-order valence-electron chi connectivity index (χ1n) is 10.9. The molecule has 1 aliphatic carbocycles. The lowest BCUT2D eigenvalue weighted by Crippen LogP contribution is -2.33. The number of carboxylic acids is 1. The van der Waals surface area contributed by atoms with E-state index in [0.29, 0.717) is 5.56 Å². The molecule has 158 valence electrons. The van der Waals surface area contributed by atoms with Crippen molar-refractivity contribution >= 4 is 12.0 Å². The smallest absolute Gasteiger partial charge is 0.335 e. The van der Waals surface area contributed by atoms with Crippen LogP contribution in [-0.4, -0.2) is 11.1 Å². The molecule has 1 unspecified atom stereocenters. The summed E-state index contributed by atoms with van der Waals surface area (Å²) in [5, 5.41) is 9.09. The third-order valence-corrected chi connectivity index (χ3v) is 6.61. The molecule has 0 radical (unpaired) electrons. The lowest BCUT2D eigenvalue weighted by molar-refractivity contribution is 0.0697. The highest BCUT2D eigenvalue weighted by atomic mass is 16.4. The highest BCUT2D eigenvalue weighted by Crippen LogP contribution is 2.46. The molecule has 1 atom stereocenters. The molecular formula is C28H34O2. The molecule has 0 aliphatic heterocycles. The van der Waals surface area contributed by atoms with Crippen LogP contribution in [0.3, 0.4) is 0 Å². The second kappa shape index (κ2) is 8.63. The fourth-order valence-electron chi connectivity index (χ4n) is 4.41. The van der Waals surface area contributed by atoms with Crippen molar-refractivity contribution in [1.29, 1.82) is 0 Å². The van der Waals surface area contributed by atoms with Gasteiger partial charge in [0.25, 0.3) is 0 Å². The van der Waals surface area contributed by atoms with Crippen LogP contribution in [0.25, 0.3) is 6.08 Å². The van der Waals surface area contributed by atoms with E-state index in [0.717, 1.165) is 12.0 Å². The highest BCUT2D eigenvalue weighted by molar-refractivity contribution is 5.87. The van der Waals surface area contributed by atoms with Crippen molar-refractivity contribution in [2.24, 2.45) is 0 Å². The quantitative estimate of drug-likeness (QED) is 0.508. The van der Waals surface area contributed by atoms with Gasteiger partial charge in [0.05, 0.1) is 5.56 Å². The fraction of sp³-hybridized carbons (Fsp3) is 0.393. The molecule has 0 saturated heterocycles. The maximum absolute atomic E-state index is 11.1. The summed E-state index contributed by atoms with van der Waals surface area (Å²) in [5.41, 5.74) is 6.08. The molecule has 1 N–H and O–H groups in total. The summed E-state index contributed by atoms with van der Waals surface area (Å²) >= 11 is 0. The molecule has 0 amide bonds. The fourth-order valence-corrected chi connectivity index (χ4v) is 4.41. The second-order valence-corrected chi connectivity index (χ2v) is 9.77. The van der Waals surface area contributed by atoms with E-state index in [1.807, 2.05) is 12.1 Å². The Balaban J connectivity index is 1.95. The van der Waals surface area contributed by atoms with Crippen molar-refractivity contribution < 1.29 is 9.90 Å². The number of hydrogen-bond donors (Lipinski definition) is 1. The first-order chi connectivity index (χ1) is 14.1.